The van der Waals surface area contributed by atoms with Crippen molar-refractivity contribution in [3.8, 4) is 33.6 Å². The number of fused-ring (bicyclic) bond motifs is 7. The van der Waals surface area contributed by atoms with Crippen LogP contribution in [0, 0.1) is 0 Å². The van der Waals surface area contributed by atoms with Gasteiger partial charge in [-0.25, -0.2) is 0 Å². The van der Waals surface area contributed by atoms with Crippen molar-refractivity contribution in [3.05, 3.63) is 157 Å². The number of rotatable bonds is 3. The van der Waals surface area contributed by atoms with Crippen molar-refractivity contribution in [2.24, 2.45) is 0 Å². The topological polar surface area (TPSA) is 26.3 Å². The normalized spacial score (nSPS) is 16.5. The lowest BCUT2D eigenvalue weighted by molar-refractivity contribution is 0.628. The molecule has 0 N–H and O–H groups in total. The predicted octanol–water partition coefficient (Wildman–Crippen LogP) is 12.8. The molecule has 2 nitrogen and oxygen atoms in total. The number of hydrogen-bond donors (Lipinski definition) is 0. The van der Waals surface area contributed by atoms with E-state index in [0.29, 0.717) is 33.3 Å². The van der Waals surface area contributed by atoms with Crippen molar-refractivity contribution < 1.29 is 29.4 Å². The average Bonchev–Trinajstić information content (AvgIpc) is 3.85. The Labute approximate surface area is 285 Å². The summed E-state index contributed by atoms with van der Waals surface area (Å²) >= 11 is 0. The Kier molecular flexibility index (Phi) is 3.11. The summed E-state index contributed by atoms with van der Waals surface area (Å²) in [4.78, 5) is 0. The van der Waals surface area contributed by atoms with Gasteiger partial charge in [0.25, 0.3) is 0 Å². The molecule has 8 aromatic carbocycles. The van der Waals surface area contributed by atoms with Crippen LogP contribution in [0.1, 0.15) is 20.6 Å². The van der Waals surface area contributed by atoms with Crippen molar-refractivity contribution in [2.45, 2.75) is 0 Å². The van der Waals surface area contributed by atoms with Crippen LogP contribution in [0.5, 0.6) is 0 Å². The highest BCUT2D eigenvalue weighted by Gasteiger charge is 2.19. The standard InChI is InChI=1S/C44H26O2/c1-2-12-28(13-3-1)40-25-30-24-38-37-23-29(21-22-39(37)45-42(38)26-41(30)46-40)43-33-16-6-8-18-35(33)44(36-19-9-7-17-34(36)43)32-20-10-14-27-11-4-5-15-31(27)32/h1-26H/i4D,5D,6D,7D,8D,9D,10D,11D,14D,15D,16D,17D,18D,19D,20D. The zero-order valence-corrected chi connectivity index (χ0v) is 23.7. The van der Waals surface area contributed by atoms with Crippen molar-refractivity contribution in [1.29, 1.82) is 0 Å². The summed E-state index contributed by atoms with van der Waals surface area (Å²) < 4.78 is 147. The molecule has 2 heteroatoms. The zero-order chi connectivity index (χ0) is 43.2. The van der Waals surface area contributed by atoms with Gasteiger partial charge in [0.15, 0.2) is 0 Å². The first-order valence-corrected chi connectivity index (χ1v) is 14.4. The first kappa shape index (κ1) is 14.8. The van der Waals surface area contributed by atoms with Crippen molar-refractivity contribution >= 4 is 65.2 Å². The van der Waals surface area contributed by atoms with Gasteiger partial charge in [-0.3, -0.25) is 0 Å². The predicted molar refractivity (Wildman–Crippen MR) is 192 cm³/mol. The summed E-state index contributed by atoms with van der Waals surface area (Å²) in [6, 6.07) is 9.76. The minimum atomic E-state index is -0.764. The van der Waals surface area contributed by atoms with Gasteiger partial charge >= 0.3 is 0 Å². The molecule has 0 fully saturated rings. The van der Waals surface area contributed by atoms with Crippen molar-refractivity contribution in [1.82, 2.24) is 0 Å². The number of benzene rings is 8. The molecule has 0 bridgehead atoms. The van der Waals surface area contributed by atoms with Gasteiger partial charge in [0.2, 0.25) is 0 Å². The smallest absolute Gasteiger partial charge is 0.139 e. The second kappa shape index (κ2) is 9.69. The lowest BCUT2D eigenvalue weighted by Gasteiger charge is -2.18. The molecule has 2 aromatic heterocycles. The maximum atomic E-state index is 9.38. The molecule has 0 aliphatic carbocycles. The van der Waals surface area contributed by atoms with E-state index in [0.717, 1.165) is 10.9 Å². The highest BCUT2D eigenvalue weighted by atomic mass is 16.3. The molecule has 10 aromatic rings. The minimum absolute atomic E-state index is 0.000648. The Hall–Kier alpha value is -6.12. The highest BCUT2D eigenvalue weighted by molar-refractivity contribution is 6.24. The Balaban J connectivity index is 1.41. The van der Waals surface area contributed by atoms with Crippen LogP contribution in [0.3, 0.4) is 0 Å². The summed E-state index contributed by atoms with van der Waals surface area (Å²) in [5.41, 5.74) is 1.84. The molecular weight excluding hydrogens is 560 g/mol. The average molecular weight is 602 g/mol. The van der Waals surface area contributed by atoms with E-state index in [9.17, 15) is 6.85 Å². The molecule has 0 amide bonds. The van der Waals surface area contributed by atoms with Crippen LogP contribution in [-0.2, 0) is 0 Å². The molecule has 0 saturated heterocycles. The molecule has 10 rings (SSSR count). The van der Waals surface area contributed by atoms with Crippen LogP contribution >= 0.6 is 0 Å². The molecule has 0 aliphatic rings. The summed E-state index contributed by atoms with van der Waals surface area (Å²) in [7, 11) is 0. The van der Waals surface area contributed by atoms with E-state index >= 15 is 0 Å². The second-order valence-corrected chi connectivity index (χ2v) is 10.9. The lowest BCUT2D eigenvalue weighted by atomic mass is 9.84. The van der Waals surface area contributed by atoms with Gasteiger partial charge < -0.3 is 8.83 Å². The Morgan fingerprint density at radius 2 is 1.04 bits per heavy atom. The fourth-order valence-electron chi connectivity index (χ4n) is 6.37. The molecule has 0 atom stereocenters. The van der Waals surface area contributed by atoms with Crippen LogP contribution in [0.4, 0.5) is 0 Å². The van der Waals surface area contributed by atoms with Gasteiger partial charge in [0, 0.05) is 27.8 Å². The van der Waals surface area contributed by atoms with E-state index in [2.05, 4.69) is 0 Å². The van der Waals surface area contributed by atoms with E-state index in [1.165, 1.54) is 0 Å². The van der Waals surface area contributed by atoms with E-state index in [1.54, 1.807) is 24.3 Å². The van der Waals surface area contributed by atoms with Gasteiger partial charge in [-0.2, -0.15) is 0 Å². The SMILES string of the molecule is [2H]c1c([2H])c([2H])c2c(-c3c4c([2H])c([2H])c([2H])c([2H])c4c(-c4ccc5oc6cc7oc(-c8ccccc8)cc7cc6c5c4)c4c([2H])c([2H])c([2H])c([2H])c34)c([2H])c([2H])c([2H])c2c1[2H]. The molecule has 0 unspecified atom stereocenters. The highest BCUT2D eigenvalue weighted by Crippen LogP contribution is 2.46. The quantitative estimate of drug-likeness (QED) is 0.188. The summed E-state index contributed by atoms with van der Waals surface area (Å²) in [6.07, 6.45) is 0. The largest absolute Gasteiger partial charge is 0.456 e. The second-order valence-electron chi connectivity index (χ2n) is 10.9. The minimum Gasteiger partial charge on any atom is -0.456 e. The first-order valence-electron chi connectivity index (χ1n) is 21.9. The van der Waals surface area contributed by atoms with E-state index in [1.807, 2.05) is 42.5 Å². The third kappa shape index (κ3) is 3.71. The van der Waals surface area contributed by atoms with Gasteiger partial charge in [-0.1, -0.05) is 127 Å². The summed E-state index contributed by atoms with van der Waals surface area (Å²) in [5, 5.41) is 0.115. The first-order chi connectivity index (χ1) is 29.0. The third-order valence-corrected chi connectivity index (χ3v) is 8.39. The molecule has 214 valence electrons. The van der Waals surface area contributed by atoms with Gasteiger partial charge in [0.1, 0.15) is 22.5 Å². The maximum Gasteiger partial charge on any atom is 0.139 e. The Morgan fingerprint density at radius 3 is 1.80 bits per heavy atom. The van der Waals surface area contributed by atoms with Crippen LogP contribution in [0.25, 0.3) is 98.8 Å². The zero-order valence-electron chi connectivity index (χ0n) is 38.7. The molecule has 2 heterocycles. The van der Waals surface area contributed by atoms with E-state index < -0.39 is 107 Å². The van der Waals surface area contributed by atoms with Gasteiger partial charge in [-0.15, -0.1) is 0 Å². The molecule has 0 radical (unpaired) electrons. The molecule has 0 aliphatic heterocycles. The fraction of sp³-hybridized carbons (Fsp3) is 0. The number of furan rings is 2. The van der Waals surface area contributed by atoms with Crippen LogP contribution in [0.2, 0.25) is 0 Å². The van der Waals surface area contributed by atoms with E-state index in [-0.39, 0.29) is 38.2 Å². The monoisotopic (exact) mass is 601 g/mol. The van der Waals surface area contributed by atoms with Gasteiger partial charge in [0.05, 0.1) is 20.6 Å². The van der Waals surface area contributed by atoms with Crippen molar-refractivity contribution in [2.75, 3.05) is 0 Å². The summed E-state index contributed by atoms with van der Waals surface area (Å²) in [6.45, 7) is 0. The molecular formula is C44H26O2. The van der Waals surface area contributed by atoms with Crippen LogP contribution in [-0.4, -0.2) is 0 Å². The van der Waals surface area contributed by atoms with E-state index in [4.69, 9.17) is 22.5 Å². The van der Waals surface area contributed by atoms with Crippen molar-refractivity contribution in [3.63, 3.8) is 0 Å². The maximum absolute atomic E-state index is 9.38. The Bertz CT molecular complexity index is 3560. The van der Waals surface area contributed by atoms with Crippen LogP contribution < -0.4 is 0 Å². The number of hydrogen-bond acceptors (Lipinski definition) is 2. The molecule has 0 spiro atoms. The van der Waals surface area contributed by atoms with Gasteiger partial charge in [-0.05, 0) is 78.8 Å². The lowest BCUT2D eigenvalue weighted by Crippen LogP contribution is -1.91. The fourth-order valence-corrected chi connectivity index (χ4v) is 6.37. The van der Waals surface area contributed by atoms with Crippen LogP contribution in [0.15, 0.2) is 166 Å². The molecule has 46 heavy (non-hydrogen) atoms. The summed E-state index contributed by atoms with van der Waals surface area (Å²) in [5.74, 6) is 0.642. The third-order valence-electron chi connectivity index (χ3n) is 8.39. The Morgan fingerprint density at radius 1 is 0.391 bits per heavy atom. The molecule has 0 saturated carbocycles.